The van der Waals surface area contributed by atoms with Gasteiger partial charge in [-0.25, -0.2) is 4.79 Å². The van der Waals surface area contributed by atoms with Gasteiger partial charge in [0.05, 0.1) is 0 Å². The number of aromatic nitrogens is 1. The Labute approximate surface area is 157 Å². The number of pyridine rings is 1. The topological polar surface area (TPSA) is 63.2 Å². The highest BCUT2D eigenvalue weighted by atomic mass is 35.5. The van der Waals surface area contributed by atoms with Gasteiger partial charge in [-0.15, -0.1) is 0 Å². The fourth-order valence-electron chi connectivity index (χ4n) is 2.24. The number of urea groups is 1. The number of carbonyl (C=O) groups excluding carboxylic acids is 1. The molecule has 2 aromatic carbocycles. The Morgan fingerprint density at radius 2 is 1.62 bits per heavy atom. The smallest absolute Gasteiger partial charge is 0.319 e. The number of carbonyl (C=O) groups is 1. The quantitative estimate of drug-likeness (QED) is 0.667. The molecule has 2 amide bonds. The van der Waals surface area contributed by atoms with E-state index < -0.39 is 0 Å². The van der Waals surface area contributed by atoms with E-state index in [1.54, 1.807) is 24.5 Å². The van der Waals surface area contributed by atoms with Crippen LogP contribution in [0.25, 0.3) is 0 Å². The van der Waals surface area contributed by atoms with Crippen LogP contribution in [0, 0.1) is 0 Å². The van der Waals surface area contributed by atoms with Crippen molar-refractivity contribution < 1.29 is 9.53 Å². The number of amides is 2. The summed E-state index contributed by atoms with van der Waals surface area (Å²) < 4.78 is 5.72. The Morgan fingerprint density at radius 1 is 0.923 bits per heavy atom. The van der Waals surface area contributed by atoms with Gasteiger partial charge in [-0.2, -0.15) is 0 Å². The van der Waals surface area contributed by atoms with Crippen LogP contribution >= 0.6 is 11.6 Å². The Balaban J connectivity index is 1.46. The molecule has 2 N–H and O–H groups in total. The molecule has 132 valence electrons. The van der Waals surface area contributed by atoms with Crippen molar-refractivity contribution >= 4 is 23.3 Å². The number of anilines is 1. The summed E-state index contributed by atoms with van der Waals surface area (Å²) in [5.74, 6) is 0.725. The SMILES string of the molecule is O=C(NCc1ccncc1)Nc1ccc(OCc2ccc(Cl)cc2)cc1. The average Bonchev–Trinajstić information content (AvgIpc) is 2.68. The summed E-state index contributed by atoms with van der Waals surface area (Å²) in [6.45, 7) is 0.896. The molecule has 3 aromatic rings. The number of halogens is 1. The molecular formula is C20H18ClN3O2. The fraction of sp³-hybridized carbons (Fsp3) is 0.100. The summed E-state index contributed by atoms with van der Waals surface area (Å²) in [5.41, 5.74) is 2.71. The van der Waals surface area contributed by atoms with Crippen LogP contribution in [0.15, 0.2) is 73.1 Å². The lowest BCUT2D eigenvalue weighted by Gasteiger charge is -2.09. The third-order valence-electron chi connectivity index (χ3n) is 3.63. The van der Waals surface area contributed by atoms with Crippen molar-refractivity contribution in [1.29, 1.82) is 0 Å². The van der Waals surface area contributed by atoms with E-state index in [0.29, 0.717) is 23.9 Å². The van der Waals surface area contributed by atoms with Crippen molar-refractivity contribution in [3.63, 3.8) is 0 Å². The maximum Gasteiger partial charge on any atom is 0.319 e. The average molecular weight is 368 g/mol. The Bertz CT molecular complexity index is 837. The van der Waals surface area contributed by atoms with Crippen molar-refractivity contribution in [2.45, 2.75) is 13.2 Å². The standard InChI is InChI=1S/C20H18ClN3O2/c21-17-3-1-16(2-4-17)14-26-19-7-5-18(6-8-19)24-20(25)23-13-15-9-11-22-12-10-15/h1-12H,13-14H2,(H2,23,24,25). The lowest BCUT2D eigenvalue weighted by atomic mass is 10.2. The molecule has 0 bridgehead atoms. The van der Waals surface area contributed by atoms with Crippen LogP contribution in [-0.2, 0) is 13.2 Å². The van der Waals surface area contributed by atoms with Gasteiger partial charge in [0, 0.05) is 29.6 Å². The zero-order valence-corrected chi connectivity index (χ0v) is 14.7. The largest absolute Gasteiger partial charge is 0.489 e. The summed E-state index contributed by atoms with van der Waals surface area (Å²) in [6.07, 6.45) is 3.38. The van der Waals surface area contributed by atoms with Crippen LogP contribution in [0.5, 0.6) is 5.75 Å². The van der Waals surface area contributed by atoms with Gasteiger partial charge in [0.25, 0.3) is 0 Å². The van der Waals surface area contributed by atoms with Crippen molar-refractivity contribution in [3.8, 4) is 5.75 Å². The molecule has 0 aliphatic rings. The van der Waals surface area contributed by atoms with Crippen LogP contribution in [0.4, 0.5) is 10.5 Å². The maximum absolute atomic E-state index is 11.9. The molecule has 0 spiro atoms. The number of nitrogens with zero attached hydrogens (tertiary/aromatic N) is 1. The zero-order valence-electron chi connectivity index (χ0n) is 14.0. The highest BCUT2D eigenvalue weighted by molar-refractivity contribution is 6.30. The Morgan fingerprint density at radius 3 is 2.31 bits per heavy atom. The highest BCUT2D eigenvalue weighted by Crippen LogP contribution is 2.18. The first-order valence-electron chi connectivity index (χ1n) is 8.10. The molecule has 0 atom stereocenters. The highest BCUT2D eigenvalue weighted by Gasteiger charge is 2.03. The van der Waals surface area contributed by atoms with E-state index in [-0.39, 0.29) is 6.03 Å². The van der Waals surface area contributed by atoms with E-state index in [4.69, 9.17) is 16.3 Å². The van der Waals surface area contributed by atoms with E-state index in [9.17, 15) is 4.79 Å². The third-order valence-corrected chi connectivity index (χ3v) is 3.89. The zero-order chi connectivity index (χ0) is 18.2. The molecule has 26 heavy (non-hydrogen) atoms. The molecule has 6 heteroatoms. The second kappa shape index (κ2) is 8.87. The molecule has 5 nitrogen and oxygen atoms in total. The second-order valence-electron chi connectivity index (χ2n) is 5.60. The first-order valence-corrected chi connectivity index (χ1v) is 8.48. The number of rotatable bonds is 6. The van der Waals surface area contributed by atoms with E-state index in [0.717, 1.165) is 16.9 Å². The number of hydrogen-bond donors (Lipinski definition) is 2. The molecule has 3 rings (SSSR count). The molecule has 1 aromatic heterocycles. The number of hydrogen-bond acceptors (Lipinski definition) is 3. The predicted octanol–water partition coefficient (Wildman–Crippen LogP) is 4.64. The molecule has 0 aliphatic carbocycles. The van der Waals surface area contributed by atoms with Gasteiger partial charge in [-0.05, 0) is 59.7 Å². The summed E-state index contributed by atoms with van der Waals surface area (Å²) in [7, 11) is 0. The van der Waals surface area contributed by atoms with E-state index in [1.807, 2.05) is 48.5 Å². The summed E-state index contributed by atoms with van der Waals surface area (Å²) >= 11 is 5.86. The van der Waals surface area contributed by atoms with Gasteiger partial charge >= 0.3 is 6.03 Å². The molecule has 1 heterocycles. The normalized spacial score (nSPS) is 10.2. The number of ether oxygens (including phenoxy) is 1. The molecule has 0 saturated carbocycles. The van der Waals surface area contributed by atoms with E-state index in [1.165, 1.54) is 0 Å². The third kappa shape index (κ3) is 5.50. The van der Waals surface area contributed by atoms with Crippen LogP contribution in [0.1, 0.15) is 11.1 Å². The lowest BCUT2D eigenvalue weighted by molar-refractivity contribution is 0.251. The number of nitrogens with one attached hydrogen (secondary N) is 2. The van der Waals surface area contributed by atoms with E-state index >= 15 is 0 Å². The van der Waals surface area contributed by atoms with Gasteiger partial charge in [-0.1, -0.05) is 23.7 Å². The minimum absolute atomic E-state index is 0.267. The number of benzene rings is 2. The van der Waals surface area contributed by atoms with Crippen LogP contribution in [0.3, 0.4) is 0 Å². The van der Waals surface area contributed by atoms with Crippen LogP contribution in [-0.4, -0.2) is 11.0 Å². The minimum atomic E-state index is -0.267. The summed E-state index contributed by atoms with van der Waals surface area (Å²) in [6, 6.07) is 18.2. The summed E-state index contributed by atoms with van der Waals surface area (Å²) in [5, 5.41) is 6.28. The Hall–Kier alpha value is -3.05. The van der Waals surface area contributed by atoms with Crippen LogP contribution < -0.4 is 15.4 Å². The van der Waals surface area contributed by atoms with Crippen LogP contribution in [0.2, 0.25) is 5.02 Å². The second-order valence-corrected chi connectivity index (χ2v) is 6.04. The van der Waals surface area contributed by atoms with Crippen molar-refractivity contribution in [2.24, 2.45) is 0 Å². The molecular weight excluding hydrogens is 350 g/mol. The molecule has 0 saturated heterocycles. The minimum Gasteiger partial charge on any atom is -0.489 e. The monoisotopic (exact) mass is 367 g/mol. The first-order chi connectivity index (χ1) is 12.7. The van der Waals surface area contributed by atoms with Gasteiger partial charge in [0.1, 0.15) is 12.4 Å². The van der Waals surface area contributed by atoms with Gasteiger partial charge < -0.3 is 15.4 Å². The molecule has 0 unspecified atom stereocenters. The molecule has 0 radical (unpaired) electrons. The molecule has 0 fully saturated rings. The van der Waals surface area contributed by atoms with Crippen molar-refractivity contribution in [2.75, 3.05) is 5.32 Å². The predicted molar refractivity (Wildman–Crippen MR) is 102 cm³/mol. The van der Waals surface area contributed by atoms with Gasteiger partial charge in [0.15, 0.2) is 0 Å². The van der Waals surface area contributed by atoms with Gasteiger partial charge in [0.2, 0.25) is 0 Å². The van der Waals surface area contributed by atoms with Crippen molar-refractivity contribution in [3.05, 3.63) is 89.2 Å². The maximum atomic E-state index is 11.9. The first kappa shape index (κ1) is 17.8. The summed E-state index contributed by atoms with van der Waals surface area (Å²) in [4.78, 5) is 15.9. The van der Waals surface area contributed by atoms with E-state index in [2.05, 4.69) is 15.6 Å². The lowest BCUT2D eigenvalue weighted by Crippen LogP contribution is -2.28. The molecule has 0 aliphatic heterocycles. The van der Waals surface area contributed by atoms with Gasteiger partial charge in [-0.3, -0.25) is 4.98 Å². The van der Waals surface area contributed by atoms with Crippen molar-refractivity contribution in [1.82, 2.24) is 10.3 Å². The fourth-order valence-corrected chi connectivity index (χ4v) is 2.37. The Kier molecular flexibility index (Phi) is 6.06.